The van der Waals surface area contributed by atoms with Gasteiger partial charge in [0.1, 0.15) is 5.82 Å². The lowest BCUT2D eigenvalue weighted by Gasteiger charge is -2.12. The number of rotatable bonds is 3. The molecule has 2 heterocycles. The monoisotopic (exact) mass is 288 g/mol. The van der Waals surface area contributed by atoms with Crippen LogP contribution >= 0.6 is 11.3 Å². The van der Waals surface area contributed by atoms with Crippen LogP contribution in [0, 0.1) is 0 Å². The van der Waals surface area contributed by atoms with Gasteiger partial charge >= 0.3 is 0 Å². The van der Waals surface area contributed by atoms with Crippen LogP contribution in [0.2, 0.25) is 0 Å². The molecule has 0 spiro atoms. The van der Waals surface area contributed by atoms with E-state index in [-0.39, 0.29) is 0 Å². The summed E-state index contributed by atoms with van der Waals surface area (Å²) in [5.41, 5.74) is 5.15. The van der Waals surface area contributed by atoms with Gasteiger partial charge in [0.25, 0.3) is 0 Å². The van der Waals surface area contributed by atoms with Crippen LogP contribution in [0.1, 0.15) is 42.3 Å². The van der Waals surface area contributed by atoms with Crippen molar-refractivity contribution in [3.05, 3.63) is 28.3 Å². The maximum Gasteiger partial charge on any atom is 0.171 e. The summed E-state index contributed by atoms with van der Waals surface area (Å²) in [6.07, 6.45) is 6.78. The number of aromatic nitrogens is 2. The first-order valence-corrected chi connectivity index (χ1v) is 8.09. The first kappa shape index (κ1) is 13.5. The second-order valence-corrected chi connectivity index (χ2v) is 6.31. The molecular weight excluding hydrogens is 268 g/mol. The topological polar surface area (TPSA) is 63.8 Å². The predicted octanol–water partition coefficient (Wildman–Crippen LogP) is 3.32. The summed E-state index contributed by atoms with van der Waals surface area (Å²) in [5.74, 6) is 7.28. The molecule has 0 atom stereocenters. The Bertz CT molecular complexity index is 606. The summed E-state index contributed by atoms with van der Waals surface area (Å²) < 4.78 is 0. The van der Waals surface area contributed by atoms with E-state index < -0.39 is 0 Å². The molecule has 0 aromatic carbocycles. The van der Waals surface area contributed by atoms with Gasteiger partial charge in [0, 0.05) is 16.1 Å². The van der Waals surface area contributed by atoms with Gasteiger partial charge in [-0.1, -0.05) is 13.3 Å². The van der Waals surface area contributed by atoms with Crippen molar-refractivity contribution in [2.45, 2.75) is 45.4 Å². The van der Waals surface area contributed by atoms with Crippen molar-refractivity contribution in [1.29, 1.82) is 0 Å². The normalized spacial score (nSPS) is 14.7. The van der Waals surface area contributed by atoms with Gasteiger partial charge in [0.05, 0.1) is 4.88 Å². The van der Waals surface area contributed by atoms with Crippen molar-refractivity contribution in [3.8, 4) is 10.7 Å². The molecule has 106 valence electrons. The highest BCUT2D eigenvalue weighted by atomic mass is 32.1. The Morgan fingerprint density at radius 2 is 2.05 bits per heavy atom. The van der Waals surface area contributed by atoms with Gasteiger partial charge in [-0.25, -0.2) is 15.8 Å². The zero-order valence-electron chi connectivity index (χ0n) is 11.8. The van der Waals surface area contributed by atoms with Crippen molar-refractivity contribution in [1.82, 2.24) is 9.97 Å². The smallest absolute Gasteiger partial charge is 0.171 e. The first-order chi connectivity index (χ1) is 9.81. The Morgan fingerprint density at radius 3 is 2.80 bits per heavy atom. The third-order valence-electron chi connectivity index (χ3n) is 3.80. The molecule has 1 aliphatic rings. The number of thiophene rings is 1. The van der Waals surface area contributed by atoms with E-state index in [9.17, 15) is 0 Å². The molecule has 4 nitrogen and oxygen atoms in total. The highest BCUT2D eigenvalue weighted by Crippen LogP contribution is 2.30. The first-order valence-electron chi connectivity index (χ1n) is 7.27. The average molecular weight is 288 g/mol. The molecule has 0 amide bonds. The van der Waals surface area contributed by atoms with E-state index in [4.69, 9.17) is 10.8 Å². The number of nitrogens with one attached hydrogen (secondary N) is 1. The zero-order valence-corrected chi connectivity index (χ0v) is 12.6. The lowest BCUT2D eigenvalue weighted by atomic mass is 10.1. The van der Waals surface area contributed by atoms with Crippen LogP contribution in [0.4, 0.5) is 5.82 Å². The van der Waals surface area contributed by atoms with E-state index in [0.29, 0.717) is 0 Å². The van der Waals surface area contributed by atoms with E-state index in [1.165, 1.54) is 35.4 Å². The second kappa shape index (κ2) is 5.89. The second-order valence-electron chi connectivity index (χ2n) is 5.15. The van der Waals surface area contributed by atoms with Crippen LogP contribution in [-0.2, 0) is 19.3 Å². The van der Waals surface area contributed by atoms with Gasteiger partial charge in [0.15, 0.2) is 5.82 Å². The van der Waals surface area contributed by atoms with Crippen LogP contribution in [0.5, 0.6) is 0 Å². The highest BCUT2D eigenvalue weighted by molar-refractivity contribution is 7.15. The summed E-state index contributed by atoms with van der Waals surface area (Å²) in [7, 11) is 0. The quantitative estimate of drug-likeness (QED) is 0.516. The Balaban J connectivity index is 2.05. The molecular formula is C15H20N4S. The van der Waals surface area contributed by atoms with Crippen LogP contribution in [0.3, 0.4) is 0 Å². The molecule has 2 aromatic rings. The molecule has 0 saturated heterocycles. The number of anilines is 1. The zero-order chi connectivity index (χ0) is 13.9. The summed E-state index contributed by atoms with van der Waals surface area (Å²) in [5, 5.41) is 0. The molecule has 0 bridgehead atoms. The van der Waals surface area contributed by atoms with Gasteiger partial charge < -0.3 is 5.43 Å². The predicted molar refractivity (Wildman–Crippen MR) is 83.8 cm³/mol. The Labute approximate surface area is 123 Å². The summed E-state index contributed by atoms with van der Waals surface area (Å²) >= 11 is 1.77. The molecule has 0 radical (unpaired) electrons. The Morgan fingerprint density at radius 1 is 1.20 bits per heavy atom. The molecule has 3 rings (SSSR count). The number of nitrogens with two attached hydrogens (primary N) is 1. The van der Waals surface area contributed by atoms with Crippen molar-refractivity contribution in [2.24, 2.45) is 5.84 Å². The van der Waals surface area contributed by atoms with Crippen molar-refractivity contribution in [2.75, 3.05) is 5.43 Å². The number of nitrogen functional groups attached to an aromatic ring is 1. The number of aryl methyl sites for hydroxylation is 2. The maximum absolute atomic E-state index is 5.67. The van der Waals surface area contributed by atoms with Crippen LogP contribution in [-0.4, -0.2) is 9.97 Å². The SMILES string of the molecule is CCc1ccc(-c2nc3c(c(NN)n2)CCCCC3)s1. The summed E-state index contributed by atoms with van der Waals surface area (Å²) in [6, 6.07) is 4.27. The number of hydrogen-bond acceptors (Lipinski definition) is 5. The summed E-state index contributed by atoms with van der Waals surface area (Å²) in [4.78, 5) is 11.9. The molecule has 0 unspecified atom stereocenters. The largest absolute Gasteiger partial charge is 0.308 e. The Kier molecular flexibility index (Phi) is 3.98. The van der Waals surface area contributed by atoms with Crippen molar-refractivity contribution in [3.63, 3.8) is 0 Å². The van der Waals surface area contributed by atoms with Gasteiger partial charge in [-0.3, -0.25) is 0 Å². The lowest BCUT2D eigenvalue weighted by Crippen LogP contribution is -2.14. The Hall–Kier alpha value is -1.46. The van der Waals surface area contributed by atoms with E-state index in [2.05, 4.69) is 29.5 Å². The third-order valence-corrected chi connectivity index (χ3v) is 5.03. The van der Waals surface area contributed by atoms with Gasteiger partial charge in [-0.2, -0.15) is 0 Å². The fraction of sp³-hybridized carbons (Fsp3) is 0.467. The third kappa shape index (κ3) is 2.55. The molecule has 0 fully saturated rings. The van der Waals surface area contributed by atoms with E-state index in [1.807, 2.05) is 0 Å². The lowest BCUT2D eigenvalue weighted by molar-refractivity contribution is 0.709. The fourth-order valence-electron chi connectivity index (χ4n) is 2.69. The van der Waals surface area contributed by atoms with Gasteiger partial charge in [-0.05, 0) is 44.2 Å². The van der Waals surface area contributed by atoms with Crippen LogP contribution < -0.4 is 11.3 Å². The standard InChI is InChI=1S/C15H20N4S/c1-2-10-8-9-13(20-10)15-17-12-7-5-3-4-6-11(12)14(18-15)19-16/h8-9H,2-7,16H2,1H3,(H,17,18,19). The number of nitrogens with zero attached hydrogens (tertiary/aromatic N) is 2. The molecule has 5 heteroatoms. The maximum atomic E-state index is 5.67. The number of hydrogen-bond donors (Lipinski definition) is 2. The van der Waals surface area contributed by atoms with E-state index >= 15 is 0 Å². The molecule has 1 aliphatic carbocycles. The van der Waals surface area contributed by atoms with Crippen LogP contribution in [0.25, 0.3) is 10.7 Å². The van der Waals surface area contributed by atoms with Gasteiger partial charge in [-0.15, -0.1) is 11.3 Å². The van der Waals surface area contributed by atoms with Crippen molar-refractivity contribution < 1.29 is 0 Å². The molecule has 3 N–H and O–H groups in total. The average Bonchev–Trinajstić information content (AvgIpc) is 2.84. The molecule has 0 aliphatic heterocycles. The molecule has 20 heavy (non-hydrogen) atoms. The van der Waals surface area contributed by atoms with E-state index in [0.717, 1.165) is 35.8 Å². The van der Waals surface area contributed by atoms with Crippen molar-refractivity contribution >= 4 is 17.2 Å². The number of fused-ring (bicyclic) bond motifs is 1. The van der Waals surface area contributed by atoms with Crippen LogP contribution in [0.15, 0.2) is 12.1 Å². The van der Waals surface area contributed by atoms with Gasteiger partial charge in [0.2, 0.25) is 0 Å². The molecule has 0 saturated carbocycles. The van der Waals surface area contributed by atoms with E-state index in [1.54, 1.807) is 11.3 Å². The fourth-order valence-corrected chi connectivity index (χ4v) is 3.57. The minimum absolute atomic E-state index is 0.804. The number of hydrazine groups is 1. The highest BCUT2D eigenvalue weighted by Gasteiger charge is 2.17. The minimum Gasteiger partial charge on any atom is -0.308 e. The minimum atomic E-state index is 0.804. The summed E-state index contributed by atoms with van der Waals surface area (Å²) in [6.45, 7) is 2.17. The molecule has 2 aromatic heterocycles.